The third-order valence-corrected chi connectivity index (χ3v) is 6.63. The minimum atomic E-state index is 0. The van der Waals surface area contributed by atoms with Gasteiger partial charge in [-0.25, -0.2) is 0 Å². The molecule has 1 N–H and O–H groups in total. The molecule has 6 heteroatoms. The summed E-state index contributed by atoms with van der Waals surface area (Å²) >= 11 is 0. The Morgan fingerprint density at radius 3 is 2.33 bits per heavy atom. The standard InChI is InChI=1S/C27H34N4O.HI/c1-5-30(6-2)23-14-12-21(27(32)20-23)11-13-22-19-26(31-17-15-28(3)16-18-31)24-9-7-8-10-25(24)29(22)4;/h7-14,19-20H,5-6,15-18H2,1-4H3;1H. The van der Waals surface area contributed by atoms with E-state index < -0.39 is 0 Å². The molecule has 2 heterocycles. The minimum absolute atomic E-state index is 0. The van der Waals surface area contributed by atoms with Crippen molar-refractivity contribution in [2.45, 2.75) is 13.8 Å². The Bertz CT molecular complexity index is 1120. The zero-order valence-electron chi connectivity index (χ0n) is 20.1. The van der Waals surface area contributed by atoms with Gasteiger partial charge < -0.3 is 43.8 Å². The number of fused-ring (bicyclic) bond motifs is 1. The van der Waals surface area contributed by atoms with E-state index >= 15 is 0 Å². The zero-order chi connectivity index (χ0) is 22.7. The quantitative estimate of drug-likeness (QED) is 0.364. The number of halogens is 1. The average Bonchev–Trinajstić information content (AvgIpc) is 2.81. The van der Waals surface area contributed by atoms with E-state index in [1.165, 1.54) is 16.6 Å². The molecule has 1 aromatic heterocycles. The number of hydrogen-bond donors (Lipinski definition) is 1. The molecule has 33 heavy (non-hydrogen) atoms. The van der Waals surface area contributed by atoms with Crippen LogP contribution >= 0.6 is 0 Å². The number of aryl methyl sites for hydroxylation is 1. The first-order valence-corrected chi connectivity index (χ1v) is 11.6. The Hall–Kier alpha value is -2.32. The summed E-state index contributed by atoms with van der Waals surface area (Å²) < 4.78 is 2.23. The van der Waals surface area contributed by atoms with Crippen LogP contribution in [0.3, 0.4) is 0 Å². The smallest absolute Gasteiger partial charge is 0.214 e. The van der Waals surface area contributed by atoms with Crippen molar-refractivity contribution < 1.29 is 33.7 Å². The van der Waals surface area contributed by atoms with E-state index in [1.54, 1.807) is 0 Å². The lowest BCUT2D eigenvalue weighted by atomic mass is 10.1. The SMILES string of the molecule is CCN(CC)c1ccc(/C=C/c2cc(N3CCN(C)CC3)c3ccccc3[n+]2C)c(O)c1.[I-]. The number of phenolic OH excluding ortho intramolecular Hbond substituents is 1. The van der Waals surface area contributed by atoms with Gasteiger partial charge in [-0.05, 0) is 45.2 Å². The van der Waals surface area contributed by atoms with E-state index in [4.69, 9.17) is 0 Å². The van der Waals surface area contributed by atoms with Gasteiger partial charge >= 0.3 is 0 Å². The minimum Gasteiger partial charge on any atom is -1.00 e. The summed E-state index contributed by atoms with van der Waals surface area (Å²) in [5, 5.41) is 11.9. The molecular formula is C27H35IN4O. The summed E-state index contributed by atoms with van der Waals surface area (Å²) in [5.41, 5.74) is 5.50. The first-order valence-electron chi connectivity index (χ1n) is 11.6. The van der Waals surface area contributed by atoms with Crippen molar-refractivity contribution in [1.82, 2.24) is 4.90 Å². The molecule has 0 saturated carbocycles. The molecule has 1 saturated heterocycles. The lowest BCUT2D eigenvalue weighted by molar-refractivity contribution is -0.646. The van der Waals surface area contributed by atoms with Crippen LogP contribution in [0, 0.1) is 0 Å². The summed E-state index contributed by atoms with van der Waals surface area (Å²) in [6.07, 6.45) is 4.12. The first-order chi connectivity index (χ1) is 15.5. The van der Waals surface area contributed by atoms with Gasteiger partial charge in [-0.3, -0.25) is 0 Å². The summed E-state index contributed by atoms with van der Waals surface area (Å²) in [5.74, 6) is 0.313. The van der Waals surface area contributed by atoms with Crippen LogP contribution in [-0.2, 0) is 7.05 Å². The van der Waals surface area contributed by atoms with E-state index in [1.807, 2.05) is 18.2 Å². The van der Waals surface area contributed by atoms with Gasteiger partial charge in [0.05, 0.1) is 11.1 Å². The molecule has 1 aliphatic heterocycles. The number of pyridine rings is 1. The number of likely N-dealkylation sites (N-methyl/N-ethyl adjacent to an activating group) is 1. The third kappa shape index (κ3) is 5.44. The van der Waals surface area contributed by atoms with E-state index in [-0.39, 0.29) is 24.0 Å². The molecule has 0 radical (unpaired) electrons. The van der Waals surface area contributed by atoms with Crippen LogP contribution in [0.4, 0.5) is 11.4 Å². The van der Waals surface area contributed by atoms with Gasteiger partial charge in [-0.1, -0.05) is 12.1 Å². The van der Waals surface area contributed by atoms with Crippen molar-refractivity contribution >= 4 is 34.4 Å². The van der Waals surface area contributed by atoms with Crippen molar-refractivity contribution in [3.05, 3.63) is 59.8 Å². The first kappa shape index (κ1) is 25.3. The Balaban J connectivity index is 0.00000306. The molecule has 176 valence electrons. The van der Waals surface area contributed by atoms with E-state index in [0.29, 0.717) is 5.75 Å². The van der Waals surface area contributed by atoms with Crippen molar-refractivity contribution in [2.75, 3.05) is 56.1 Å². The Morgan fingerprint density at radius 1 is 0.970 bits per heavy atom. The fourth-order valence-corrected chi connectivity index (χ4v) is 4.54. The number of hydrogen-bond acceptors (Lipinski definition) is 4. The van der Waals surface area contributed by atoms with Gasteiger partial charge in [0.1, 0.15) is 12.8 Å². The van der Waals surface area contributed by atoms with E-state index in [2.05, 4.69) is 89.7 Å². The van der Waals surface area contributed by atoms with Gasteiger partial charge in [-0.2, -0.15) is 4.57 Å². The number of nitrogens with zero attached hydrogens (tertiary/aromatic N) is 4. The molecule has 5 nitrogen and oxygen atoms in total. The highest BCUT2D eigenvalue weighted by Gasteiger charge is 2.21. The van der Waals surface area contributed by atoms with Gasteiger partial charge in [0.2, 0.25) is 11.2 Å². The molecule has 0 atom stereocenters. The van der Waals surface area contributed by atoms with Crippen molar-refractivity contribution in [1.29, 1.82) is 0 Å². The average molecular weight is 559 g/mol. The molecule has 1 aliphatic rings. The van der Waals surface area contributed by atoms with Crippen molar-refractivity contribution in [3.8, 4) is 5.75 Å². The number of phenols is 1. The molecule has 2 aromatic carbocycles. The van der Waals surface area contributed by atoms with Crippen molar-refractivity contribution in [3.63, 3.8) is 0 Å². The number of piperazine rings is 1. The summed E-state index contributed by atoms with van der Waals surface area (Å²) in [4.78, 5) is 7.11. The maximum absolute atomic E-state index is 10.6. The molecule has 0 spiro atoms. The third-order valence-electron chi connectivity index (χ3n) is 6.63. The molecule has 0 bridgehead atoms. The maximum Gasteiger partial charge on any atom is 0.214 e. The Morgan fingerprint density at radius 2 is 1.67 bits per heavy atom. The van der Waals surface area contributed by atoms with Crippen LogP contribution < -0.4 is 38.3 Å². The summed E-state index contributed by atoms with van der Waals surface area (Å²) in [6, 6.07) is 16.9. The second-order valence-electron chi connectivity index (χ2n) is 8.57. The fraction of sp³-hybridized carbons (Fsp3) is 0.370. The molecule has 1 fully saturated rings. The molecular weight excluding hydrogens is 523 g/mol. The van der Waals surface area contributed by atoms with Gasteiger partial charge in [0.15, 0.2) is 0 Å². The van der Waals surface area contributed by atoms with Crippen LogP contribution in [0.5, 0.6) is 5.75 Å². The second-order valence-corrected chi connectivity index (χ2v) is 8.57. The number of rotatable bonds is 6. The monoisotopic (exact) mass is 558 g/mol. The topological polar surface area (TPSA) is 33.8 Å². The summed E-state index contributed by atoms with van der Waals surface area (Å²) in [7, 11) is 4.30. The van der Waals surface area contributed by atoms with Crippen LogP contribution in [0.2, 0.25) is 0 Å². The zero-order valence-corrected chi connectivity index (χ0v) is 22.3. The number of benzene rings is 2. The van der Waals surface area contributed by atoms with Crippen LogP contribution in [0.1, 0.15) is 25.1 Å². The second kappa shape index (κ2) is 11.2. The molecule has 0 amide bonds. The highest BCUT2D eigenvalue weighted by atomic mass is 127. The normalized spacial score (nSPS) is 14.6. The predicted octanol–water partition coefficient (Wildman–Crippen LogP) is 1.14. The van der Waals surface area contributed by atoms with Crippen LogP contribution in [0.15, 0.2) is 48.5 Å². The predicted molar refractivity (Wildman–Crippen MR) is 135 cm³/mol. The van der Waals surface area contributed by atoms with Gasteiger partial charge in [-0.15, -0.1) is 0 Å². The lowest BCUT2D eigenvalue weighted by Crippen LogP contribution is -3.00. The number of para-hydroxylation sites is 1. The summed E-state index contributed by atoms with van der Waals surface area (Å²) in [6.45, 7) is 10.3. The largest absolute Gasteiger partial charge is 1.00 e. The number of aromatic hydroxyl groups is 1. The maximum atomic E-state index is 10.6. The molecule has 0 unspecified atom stereocenters. The fourth-order valence-electron chi connectivity index (χ4n) is 4.54. The highest BCUT2D eigenvalue weighted by molar-refractivity contribution is 5.91. The molecule has 0 aliphatic carbocycles. The molecule has 3 aromatic rings. The lowest BCUT2D eigenvalue weighted by Gasteiger charge is -2.34. The number of aromatic nitrogens is 1. The van der Waals surface area contributed by atoms with E-state index in [9.17, 15) is 5.11 Å². The van der Waals surface area contributed by atoms with Crippen LogP contribution in [0.25, 0.3) is 23.1 Å². The van der Waals surface area contributed by atoms with Crippen LogP contribution in [-0.4, -0.2) is 56.3 Å². The number of anilines is 2. The van der Waals surface area contributed by atoms with Gasteiger partial charge in [0, 0.05) is 74.8 Å². The van der Waals surface area contributed by atoms with Crippen molar-refractivity contribution in [2.24, 2.45) is 7.05 Å². The Kier molecular flexibility index (Phi) is 8.59. The van der Waals surface area contributed by atoms with E-state index in [0.717, 1.165) is 56.2 Å². The Labute approximate surface area is 215 Å². The molecule has 4 rings (SSSR count). The highest BCUT2D eigenvalue weighted by Crippen LogP contribution is 2.29. The van der Waals surface area contributed by atoms with Gasteiger partial charge in [0.25, 0.3) is 0 Å².